The van der Waals surface area contributed by atoms with Gasteiger partial charge in [0.15, 0.2) is 12.2 Å². The molecule has 0 aliphatic heterocycles. The van der Waals surface area contributed by atoms with Gasteiger partial charge in [-0.25, -0.2) is 9.13 Å². The summed E-state index contributed by atoms with van der Waals surface area (Å²) in [5.41, 5.74) is 0. The van der Waals surface area contributed by atoms with E-state index in [-0.39, 0.29) is 25.7 Å². The monoisotopic (exact) mass is 1430 g/mol. The Morgan fingerprint density at radius 2 is 0.500 bits per heavy atom. The number of esters is 4. The van der Waals surface area contributed by atoms with Crippen LogP contribution < -0.4 is 0 Å². The van der Waals surface area contributed by atoms with E-state index in [2.05, 4.69) is 88.5 Å². The quantitative estimate of drug-likeness (QED) is 0.0169. The van der Waals surface area contributed by atoms with Crippen molar-refractivity contribution in [2.75, 3.05) is 39.6 Å². The molecule has 2 unspecified atom stereocenters. The number of phosphoric acid groups is 2. The molecular formula is C79H144O17P2. The average Bonchev–Trinajstić information content (AvgIpc) is 0.959. The molecule has 0 fully saturated rings. The van der Waals surface area contributed by atoms with Gasteiger partial charge in [0.05, 0.1) is 26.4 Å². The van der Waals surface area contributed by atoms with Crippen LogP contribution in [0.3, 0.4) is 0 Å². The number of hydrogen-bond donors (Lipinski definition) is 3. The molecule has 5 atom stereocenters. The molecule has 98 heavy (non-hydrogen) atoms. The lowest BCUT2D eigenvalue weighted by Crippen LogP contribution is -2.30. The van der Waals surface area contributed by atoms with Crippen molar-refractivity contribution in [2.24, 2.45) is 0 Å². The first-order valence-corrected chi connectivity index (χ1v) is 42.5. The van der Waals surface area contributed by atoms with E-state index >= 15 is 0 Å². The molecule has 0 aliphatic rings. The Bertz CT molecular complexity index is 2100. The molecule has 0 bridgehead atoms. The fourth-order valence-corrected chi connectivity index (χ4v) is 12.4. The molecule has 0 aromatic rings. The van der Waals surface area contributed by atoms with Crippen LogP contribution >= 0.6 is 15.6 Å². The largest absolute Gasteiger partial charge is 0.472 e. The van der Waals surface area contributed by atoms with Crippen LogP contribution in [0.15, 0.2) is 60.8 Å². The van der Waals surface area contributed by atoms with Gasteiger partial charge in [0.2, 0.25) is 0 Å². The third-order valence-electron chi connectivity index (χ3n) is 17.0. The second kappa shape index (κ2) is 72.1. The molecule has 3 N–H and O–H groups in total. The summed E-state index contributed by atoms with van der Waals surface area (Å²) in [7, 11) is -9.94. The summed E-state index contributed by atoms with van der Waals surface area (Å²) in [6.07, 6.45) is 70.5. The third kappa shape index (κ3) is 71.2. The minimum Gasteiger partial charge on any atom is -0.462 e. The van der Waals surface area contributed by atoms with E-state index < -0.39 is 97.5 Å². The Balaban J connectivity index is 5.34. The van der Waals surface area contributed by atoms with Crippen molar-refractivity contribution in [1.82, 2.24) is 0 Å². The average molecular weight is 1430 g/mol. The number of aliphatic hydroxyl groups is 1. The summed E-state index contributed by atoms with van der Waals surface area (Å²) in [6, 6.07) is 0. The van der Waals surface area contributed by atoms with E-state index in [9.17, 15) is 43.2 Å². The zero-order chi connectivity index (χ0) is 71.8. The van der Waals surface area contributed by atoms with E-state index in [1.54, 1.807) is 0 Å². The van der Waals surface area contributed by atoms with Gasteiger partial charge >= 0.3 is 39.5 Å². The van der Waals surface area contributed by atoms with Gasteiger partial charge < -0.3 is 33.8 Å². The summed E-state index contributed by atoms with van der Waals surface area (Å²) >= 11 is 0. The number of ether oxygens (including phenoxy) is 4. The number of allylic oxidation sites excluding steroid dienone is 10. The van der Waals surface area contributed by atoms with Crippen LogP contribution in [0.25, 0.3) is 0 Å². The molecule has 17 nitrogen and oxygen atoms in total. The zero-order valence-electron chi connectivity index (χ0n) is 62.5. The highest BCUT2D eigenvalue weighted by Crippen LogP contribution is 2.45. The molecule has 0 amide bonds. The zero-order valence-corrected chi connectivity index (χ0v) is 64.3. The lowest BCUT2D eigenvalue weighted by atomic mass is 10.0. The first-order valence-electron chi connectivity index (χ1n) is 39.5. The van der Waals surface area contributed by atoms with Crippen LogP contribution in [0.5, 0.6) is 0 Å². The van der Waals surface area contributed by atoms with Crippen LogP contribution in [0, 0.1) is 0 Å². The molecule has 0 spiro atoms. The number of carbonyl (C=O) groups is 4. The maximum absolute atomic E-state index is 13.1. The molecule has 0 saturated heterocycles. The SMILES string of the molecule is CCCCC/C=C\C/C=C\CCCCCCCC(=O)OC[C@H](COP(=O)(O)OC[C@@H](O)COP(=O)(O)OC[C@@H](COC(=O)CCCCCCCCC/C=C\CCCCCC)OC(=O)CCCCCCC/C=C\C/C=C\CCCCC)OC(=O)CCCCCCCCCCCCCCC. The highest BCUT2D eigenvalue weighted by Gasteiger charge is 2.30. The summed E-state index contributed by atoms with van der Waals surface area (Å²) in [5, 5.41) is 10.6. The Morgan fingerprint density at radius 1 is 0.286 bits per heavy atom. The number of aliphatic hydroxyl groups excluding tert-OH is 1. The van der Waals surface area contributed by atoms with Crippen LogP contribution in [0.1, 0.15) is 362 Å². The van der Waals surface area contributed by atoms with Crippen molar-refractivity contribution in [3.8, 4) is 0 Å². The molecule has 0 saturated carbocycles. The first kappa shape index (κ1) is 94.8. The van der Waals surface area contributed by atoms with Crippen LogP contribution in [0.2, 0.25) is 0 Å². The third-order valence-corrected chi connectivity index (χ3v) is 18.9. The van der Waals surface area contributed by atoms with Gasteiger partial charge in [0.25, 0.3) is 0 Å². The van der Waals surface area contributed by atoms with E-state index in [1.165, 1.54) is 128 Å². The van der Waals surface area contributed by atoms with Crippen LogP contribution in [0.4, 0.5) is 0 Å². The standard InChI is InChI=1S/C79H144O17P2/c1-5-9-13-17-21-25-29-33-36-40-43-47-51-55-59-63-76(81)89-69-74(95-78(83)65-61-57-53-49-45-39-32-28-24-20-16-12-8-4)71-93-97(85,86)91-67-73(80)68-92-98(87,88)94-72-75(96-79(84)66-62-58-54-50-46-42-38-35-31-27-23-19-15-11-7-3)70-90-77(82)64-60-56-52-48-44-41-37-34-30-26-22-18-14-10-6-2/h21,23,25-27,30,33,35-36,38,73-75,80H,5-20,22,24,28-29,31-32,34,37,39-72H2,1-4H3,(H,85,86)(H,87,88)/b25-21-,27-23-,30-26-,36-33-,38-35-/t73-,74-,75-/m1/s1. The van der Waals surface area contributed by atoms with Crippen molar-refractivity contribution in [1.29, 1.82) is 0 Å². The maximum Gasteiger partial charge on any atom is 0.472 e. The molecule has 0 rings (SSSR count). The molecular weight excluding hydrogens is 1280 g/mol. The Labute approximate surface area is 597 Å². The van der Waals surface area contributed by atoms with Gasteiger partial charge in [-0.1, -0.05) is 281 Å². The number of unbranched alkanes of at least 4 members (excludes halogenated alkanes) is 39. The van der Waals surface area contributed by atoms with Crippen LogP contribution in [-0.4, -0.2) is 96.7 Å². The predicted molar refractivity (Wildman–Crippen MR) is 400 cm³/mol. The molecule has 19 heteroatoms. The summed E-state index contributed by atoms with van der Waals surface area (Å²) in [6.45, 7) is 4.84. The minimum atomic E-state index is -4.97. The smallest absolute Gasteiger partial charge is 0.462 e. The van der Waals surface area contributed by atoms with Crippen molar-refractivity contribution < 1.29 is 80.2 Å². The lowest BCUT2D eigenvalue weighted by Gasteiger charge is -2.21. The highest BCUT2D eigenvalue weighted by molar-refractivity contribution is 7.47. The maximum atomic E-state index is 13.1. The van der Waals surface area contributed by atoms with Gasteiger partial charge in [-0.15, -0.1) is 0 Å². The van der Waals surface area contributed by atoms with E-state index in [0.717, 1.165) is 154 Å². The van der Waals surface area contributed by atoms with Crippen molar-refractivity contribution in [3.63, 3.8) is 0 Å². The van der Waals surface area contributed by atoms with Gasteiger partial charge in [-0.05, 0) is 116 Å². The topological polar surface area (TPSA) is 237 Å². The van der Waals surface area contributed by atoms with Gasteiger partial charge in [0, 0.05) is 25.7 Å². The van der Waals surface area contributed by atoms with E-state index in [1.807, 2.05) is 0 Å². The highest BCUT2D eigenvalue weighted by atomic mass is 31.2. The van der Waals surface area contributed by atoms with Gasteiger partial charge in [-0.3, -0.25) is 37.3 Å². The number of hydrogen-bond acceptors (Lipinski definition) is 15. The fraction of sp³-hybridized carbons (Fsp3) is 0.823. The molecule has 0 aromatic carbocycles. The van der Waals surface area contributed by atoms with E-state index in [0.29, 0.717) is 25.7 Å². The van der Waals surface area contributed by atoms with Gasteiger partial charge in [-0.2, -0.15) is 0 Å². The second-order valence-corrected chi connectivity index (χ2v) is 29.6. The summed E-state index contributed by atoms with van der Waals surface area (Å²) in [4.78, 5) is 72.9. The Morgan fingerprint density at radius 3 is 0.796 bits per heavy atom. The molecule has 572 valence electrons. The molecule has 0 heterocycles. The number of rotatable bonds is 75. The van der Waals surface area contributed by atoms with E-state index in [4.69, 9.17) is 37.0 Å². The normalized spacial score (nSPS) is 14.2. The van der Waals surface area contributed by atoms with Crippen molar-refractivity contribution >= 4 is 39.5 Å². The van der Waals surface area contributed by atoms with Gasteiger partial charge in [0.1, 0.15) is 19.3 Å². The minimum absolute atomic E-state index is 0.0820. The summed E-state index contributed by atoms with van der Waals surface area (Å²) < 4.78 is 68.5. The molecule has 0 radical (unpaired) electrons. The second-order valence-electron chi connectivity index (χ2n) is 26.7. The molecule has 0 aromatic heterocycles. The first-order chi connectivity index (χ1) is 47.7. The number of carbonyl (C=O) groups excluding carboxylic acids is 4. The van der Waals surface area contributed by atoms with Crippen molar-refractivity contribution in [2.45, 2.75) is 380 Å². The fourth-order valence-electron chi connectivity index (χ4n) is 10.9. The van der Waals surface area contributed by atoms with Crippen LogP contribution in [-0.2, 0) is 65.4 Å². The van der Waals surface area contributed by atoms with Crippen molar-refractivity contribution in [3.05, 3.63) is 60.8 Å². The lowest BCUT2D eigenvalue weighted by molar-refractivity contribution is -0.161. The summed E-state index contributed by atoms with van der Waals surface area (Å²) in [5.74, 6) is -2.18. The molecule has 0 aliphatic carbocycles. The predicted octanol–water partition coefficient (Wildman–Crippen LogP) is 22.7. The Kier molecular flexibility index (Phi) is 69.7. The number of phosphoric ester groups is 2. The Hall–Kier alpha value is -3.24.